The third-order valence-electron chi connectivity index (χ3n) is 5.36. The number of anilines is 1. The van der Waals surface area contributed by atoms with E-state index in [1.807, 2.05) is 0 Å². The molecule has 0 saturated heterocycles. The second-order valence-corrected chi connectivity index (χ2v) is 8.35. The lowest BCUT2D eigenvalue weighted by atomic mass is 10.1. The van der Waals surface area contributed by atoms with Crippen molar-refractivity contribution in [2.75, 3.05) is 11.9 Å². The van der Waals surface area contributed by atoms with Crippen molar-refractivity contribution >= 4 is 23.4 Å². The number of amides is 3. The number of nitrogens with one attached hydrogen (secondary N) is 4. The van der Waals surface area contributed by atoms with Crippen LogP contribution in [0.2, 0.25) is 0 Å². The molecule has 0 aliphatic rings. The van der Waals surface area contributed by atoms with Gasteiger partial charge < -0.3 is 21.1 Å². The van der Waals surface area contributed by atoms with Gasteiger partial charge in [-0.15, -0.1) is 0 Å². The number of carbonyl (C=O) groups excluding carboxylic acids is 3. The summed E-state index contributed by atoms with van der Waals surface area (Å²) in [4.78, 5) is 36.1. The Bertz CT molecular complexity index is 1310. The first kappa shape index (κ1) is 28.0. The Morgan fingerprint density at radius 3 is 2.03 bits per heavy atom. The van der Waals surface area contributed by atoms with Crippen molar-refractivity contribution in [3.63, 3.8) is 0 Å². The molecule has 0 bridgehead atoms. The number of rotatable bonds is 9. The van der Waals surface area contributed by atoms with Crippen LogP contribution in [0.3, 0.4) is 0 Å². The zero-order valence-electron chi connectivity index (χ0n) is 20.5. The van der Waals surface area contributed by atoms with Crippen LogP contribution in [0.1, 0.15) is 34.0 Å². The first-order valence-electron chi connectivity index (χ1n) is 11.6. The molecule has 3 rings (SSSR count). The molecule has 0 radical (unpaired) electrons. The van der Waals surface area contributed by atoms with Gasteiger partial charge in [-0.3, -0.25) is 19.6 Å². The molecule has 38 heavy (non-hydrogen) atoms. The molecule has 0 fully saturated rings. The molecule has 0 spiro atoms. The molecule has 3 aromatic rings. The number of halogens is 1. The lowest BCUT2D eigenvalue weighted by Crippen LogP contribution is -2.51. The Balaban J connectivity index is 1.50. The van der Waals surface area contributed by atoms with Gasteiger partial charge in [0, 0.05) is 28.9 Å². The molecule has 9 nitrogen and oxygen atoms in total. The molecule has 3 aromatic carbocycles. The average molecular weight is 519 g/mol. The van der Waals surface area contributed by atoms with E-state index in [0.717, 1.165) is 5.56 Å². The number of aliphatic hydroxyl groups excluding tert-OH is 1. The van der Waals surface area contributed by atoms with Crippen LogP contribution in [0.15, 0.2) is 72.8 Å². The maximum Gasteiger partial charge on any atom is 0.268 e. The number of hydrogen-bond donors (Lipinski definition) is 6. The van der Waals surface area contributed by atoms with Crippen LogP contribution in [-0.2, 0) is 16.1 Å². The number of carbonyl (C=O) groups is 3. The van der Waals surface area contributed by atoms with E-state index in [-0.39, 0.29) is 23.8 Å². The zero-order chi connectivity index (χ0) is 27.5. The maximum absolute atomic E-state index is 12.9. The Kier molecular flexibility index (Phi) is 10.1. The molecular formula is C28H27FN4O5. The summed E-state index contributed by atoms with van der Waals surface area (Å²) < 4.78 is 12.9. The lowest BCUT2D eigenvalue weighted by molar-refractivity contribution is -0.133. The van der Waals surface area contributed by atoms with Crippen molar-refractivity contribution in [3.05, 3.63) is 101 Å². The van der Waals surface area contributed by atoms with Crippen molar-refractivity contribution in [2.24, 2.45) is 0 Å². The fourth-order valence-corrected chi connectivity index (χ4v) is 3.31. The average Bonchev–Trinajstić information content (AvgIpc) is 2.92. The summed E-state index contributed by atoms with van der Waals surface area (Å²) >= 11 is 0. The minimum absolute atomic E-state index is 0.0985. The van der Waals surface area contributed by atoms with E-state index in [0.29, 0.717) is 23.4 Å². The van der Waals surface area contributed by atoms with Gasteiger partial charge in [0.05, 0.1) is 12.6 Å². The topological polar surface area (TPSA) is 140 Å². The summed E-state index contributed by atoms with van der Waals surface area (Å²) in [7, 11) is 0. The van der Waals surface area contributed by atoms with Gasteiger partial charge in [-0.1, -0.05) is 24.0 Å². The van der Waals surface area contributed by atoms with Gasteiger partial charge in [0.25, 0.3) is 11.8 Å². The highest BCUT2D eigenvalue weighted by molar-refractivity contribution is 5.97. The monoisotopic (exact) mass is 518 g/mol. The Hall–Kier alpha value is -4.56. The number of benzene rings is 3. The lowest BCUT2D eigenvalue weighted by Gasteiger charge is -2.19. The van der Waals surface area contributed by atoms with E-state index >= 15 is 0 Å². The summed E-state index contributed by atoms with van der Waals surface area (Å²) in [5, 5.41) is 26.5. The largest absolute Gasteiger partial charge is 0.391 e. The fraction of sp³-hybridized carbons (Fsp3) is 0.179. The summed E-state index contributed by atoms with van der Waals surface area (Å²) in [6.45, 7) is 1.85. The second-order valence-electron chi connectivity index (χ2n) is 8.35. The quantitative estimate of drug-likeness (QED) is 0.145. The van der Waals surface area contributed by atoms with Crippen LogP contribution in [0.4, 0.5) is 10.1 Å². The first-order valence-corrected chi connectivity index (χ1v) is 11.6. The van der Waals surface area contributed by atoms with Crippen molar-refractivity contribution in [1.29, 1.82) is 0 Å². The van der Waals surface area contributed by atoms with Crippen molar-refractivity contribution < 1.29 is 29.1 Å². The van der Waals surface area contributed by atoms with Gasteiger partial charge in [0.2, 0.25) is 5.91 Å². The third-order valence-corrected chi connectivity index (χ3v) is 5.36. The van der Waals surface area contributed by atoms with Crippen LogP contribution in [0.5, 0.6) is 0 Å². The molecule has 0 aromatic heterocycles. The van der Waals surface area contributed by atoms with Gasteiger partial charge in [-0.05, 0) is 73.2 Å². The molecule has 0 heterocycles. The van der Waals surface area contributed by atoms with Crippen LogP contribution in [-0.4, -0.2) is 46.7 Å². The molecule has 0 saturated carbocycles. The van der Waals surface area contributed by atoms with Crippen LogP contribution in [0.25, 0.3) is 0 Å². The molecule has 0 aliphatic carbocycles. The van der Waals surface area contributed by atoms with E-state index in [2.05, 4.69) is 27.8 Å². The number of hydroxylamine groups is 1. The number of hydrogen-bond acceptors (Lipinski definition) is 6. The van der Waals surface area contributed by atoms with Gasteiger partial charge >= 0.3 is 0 Å². The maximum atomic E-state index is 12.9. The highest BCUT2D eigenvalue weighted by atomic mass is 19.1. The van der Waals surface area contributed by atoms with E-state index < -0.39 is 24.0 Å². The molecule has 0 unspecified atom stereocenters. The third kappa shape index (κ3) is 8.53. The van der Waals surface area contributed by atoms with Gasteiger partial charge in [0.1, 0.15) is 11.9 Å². The second kappa shape index (κ2) is 13.7. The molecule has 2 atom stereocenters. The van der Waals surface area contributed by atoms with Gasteiger partial charge in [0.15, 0.2) is 0 Å². The van der Waals surface area contributed by atoms with Gasteiger partial charge in [-0.25, -0.2) is 9.87 Å². The summed E-state index contributed by atoms with van der Waals surface area (Å²) in [5.74, 6) is 3.93. The van der Waals surface area contributed by atoms with E-state index in [9.17, 15) is 23.9 Å². The minimum Gasteiger partial charge on any atom is -0.391 e. The highest BCUT2D eigenvalue weighted by Crippen LogP contribution is 2.10. The van der Waals surface area contributed by atoms with Crippen molar-refractivity contribution in [1.82, 2.24) is 16.1 Å². The van der Waals surface area contributed by atoms with Crippen LogP contribution < -0.4 is 21.4 Å². The molecule has 196 valence electrons. The standard InChI is InChI=1S/C28H27FN4O5/c1-18(34)26(28(37)33-38)32-27(36)22-10-4-19(5-11-22)2-3-20-8-14-24(15-9-20)31-25(35)17-30-16-21-6-12-23(29)13-7-21/h4-15,18,26,30,34,38H,16-17H2,1H3,(H,31,35)(H,32,36)(H,33,37)/t18-,26+/m1/s1. The van der Waals surface area contributed by atoms with E-state index in [1.54, 1.807) is 48.5 Å². The summed E-state index contributed by atoms with van der Waals surface area (Å²) in [6, 6.07) is 18.1. The van der Waals surface area contributed by atoms with Crippen molar-refractivity contribution in [3.8, 4) is 11.8 Å². The molecule has 6 N–H and O–H groups in total. The van der Waals surface area contributed by atoms with E-state index in [1.165, 1.54) is 36.7 Å². The normalized spacial score (nSPS) is 11.9. The fourth-order valence-electron chi connectivity index (χ4n) is 3.31. The molecular weight excluding hydrogens is 491 g/mol. The molecule has 0 aliphatic heterocycles. The van der Waals surface area contributed by atoms with Gasteiger partial charge in [-0.2, -0.15) is 0 Å². The SMILES string of the molecule is C[C@@H](O)[C@H](NC(=O)c1ccc(C#Cc2ccc(NC(=O)CNCc3ccc(F)cc3)cc2)cc1)C(=O)NO. The zero-order valence-corrected chi connectivity index (χ0v) is 20.5. The Labute approximate surface area is 219 Å². The van der Waals surface area contributed by atoms with Crippen LogP contribution >= 0.6 is 0 Å². The minimum atomic E-state index is -1.31. The molecule has 3 amide bonds. The highest BCUT2D eigenvalue weighted by Gasteiger charge is 2.25. The first-order chi connectivity index (χ1) is 18.2. The van der Waals surface area contributed by atoms with Crippen LogP contribution in [0, 0.1) is 17.7 Å². The Morgan fingerprint density at radius 1 is 0.895 bits per heavy atom. The molecule has 10 heteroatoms. The summed E-state index contributed by atoms with van der Waals surface area (Å²) in [6.07, 6.45) is -1.21. The smallest absolute Gasteiger partial charge is 0.268 e. The predicted octanol–water partition coefficient (Wildman–Crippen LogP) is 1.94. The number of aliphatic hydroxyl groups is 1. The van der Waals surface area contributed by atoms with Crippen molar-refractivity contribution in [2.45, 2.75) is 25.6 Å². The summed E-state index contributed by atoms with van der Waals surface area (Å²) in [5.41, 5.74) is 4.51. The Morgan fingerprint density at radius 2 is 1.47 bits per heavy atom. The van der Waals surface area contributed by atoms with E-state index in [4.69, 9.17) is 5.21 Å². The predicted molar refractivity (Wildman–Crippen MR) is 138 cm³/mol.